The fourth-order valence-electron chi connectivity index (χ4n) is 1.22. The van der Waals surface area contributed by atoms with Gasteiger partial charge in [-0.25, -0.2) is 0 Å². The molecule has 4 heteroatoms. The highest BCUT2D eigenvalue weighted by Gasteiger charge is 1.99. The molecule has 0 bridgehead atoms. The topological polar surface area (TPSA) is 38.3 Å². The van der Waals surface area contributed by atoms with Crippen LogP contribution in [0.5, 0.6) is 0 Å². The smallest absolute Gasteiger partial charge is 0.220 e. The maximum Gasteiger partial charge on any atom is 0.220 e. The molecule has 0 aliphatic carbocycles. The summed E-state index contributed by atoms with van der Waals surface area (Å²) in [4.78, 5) is 11.2. The molecule has 0 aromatic rings. The number of unbranched alkanes of at least 4 members (excludes halogenated alkanes) is 3. The molecule has 15 heavy (non-hydrogen) atoms. The maximum atomic E-state index is 11.2. The van der Waals surface area contributed by atoms with Crippen LogP contribution in [-0.2, 0) is 9.53 Å². The molecule has 0 unspecified atom stereocenters. The lowest BCUT2D eigenvalue weighted by molar-refractivity contribution is -0.121. The Kier molecular flexibility index (Phi) is 11.6. The van der Waals surface area contributed by atoms with Crippen LogP contribution in [0, 0.1) is 0 Å². The summed E-state index contributed by atoms with van der Waals surface area (Å²) < 4.78 is 5.13. The predicted octanol–water partition coefficient (Wildman–Crippen LogP) is 2.33. The summed E-state index contributed by atoms with van der Waals surface area (Å²) in [5.41, 5.74) is 0. The average Bonchev–Trinajstić information content (AvgIpc) is 2.24. The van der Waals surface area contributed by atoms with Crippen molar-refractivity contribution in [3.63, 3.8) is 0 Å². The highest BCUT2D eigenvalue weighted by Crippen LogP contribution is 2.01. The Hall–Kier alpha value is -0.280. The first-order chi connectivity index (χ1) is 7.31. The predicted molar refractivity (Wildman–Crippen MR) is 63.3 cm³/mol. The van der Waals surface area contributed by atoms with Gasteiger partial charge >= 0.3 is 0 Å². The first kappa shape index (κ1) is 14.7. The average molecular weight is 236 g/mol. The molecule has 0 fully saturated rings. The van der Waals surface area contributed by atoms with Gasteiger partial charge in [0.15, 0.2) is 0 Å². The number of hydrogen-bond donors (Lipinski definition) is 1. The van der Waals surface area contributed by atoms with E-state index < -0.39 is 0 Å². The quantitative estimate of drug-likeness (QED) is 0.466. The molecule has 0 saturated carbocycles. The number of rotatable bonds is 10. The van der Waals surface area contributed by atoms with E-state index in [-0.39, 0.29) is 5.91 Å². The van der Waals surface area contributed by atoms with Crippen molar-refractivity contribution in [3.8, 4) is 0 Å². The lowest BCUT2D eigenvalue weighted by Gasteiger charge is -2.05. The van der Waals surface area contributed by atoms with Crippen molar-refractivity contribution in [1.29, 1.82) is 0 Å². The minimum Gasteiger partial charge on any atom is -0.378 e. The SMILES string of the molecule is CCCCCCC(=O)NCCOCCCl. The summed E-state index contributed by atoms with van der Waals surface area (Å²) >= 11 is 5.43. The number of ether oxygens (including phenoxy) is 1. The maximum absolute atomic E-state index is 11.2. The summed E-state index contributed by atoms with van der Waals surface area (Å²) in [6.07, 6.45) is 5.18. The molecular formula is C11H22ClNO2. The second-order valence-electron chi connectivity index (χ2n) is 3.46. The normalized spacial score (nSPS) is 10.3. The van der Waals surface area contributed by atoms with E-state index in [1.807, 2.05) is 0 Å². The van der Waals surface area contributed by atoms with Gasteiger partial charge in [-0.2, -0.15) is 0 Å². The standard InChI is InChI=1S/C11H22ClNO2/c1-2-3-4-5-6-11(14)13-8-10-15-9-7-12/h2-10H2,1H3,(H,13,14). The third-order valence-corrected chi connectivity index (χ3v) is 2.20. The Bertz CT molecular complexity index is 154. The molecule has 1 amide bonds. The van der Waals surface area contributed by atoms with Crippen molar-refractivity contribution in [2.45, 2.75) is 39.0 Å². The molecule has 0 aromatic carbocycles. The molecular weight excluding hydrogens is 214 g/mol. The van der Waals surface area contributed by atoms with Gasteiger partial charge in [0.1, 0.15) is 0 Å². The molecule has 0 saturated heterocycles. The third kappa shape index (κ3) is 11.6. The van der Waals surface area contributed by atoms with Gasteiger partial charge in [0.25, 0.3) is 0 Å². The number of alkyl halides is 1. The molecule has 3 nitrogen and oxygen atoms in total. The van der Waals surface area contributed by atoms with E-state index in [2.05, 4.69) is 12.2 Å². The number of hydrogen-bond acceptors (Lipinski definition) is 2. The summed E-state index contributed by atoms with van der Waals surface area (Å²) in [6, 6.07) is 0. The molecule has 90 valence electrons. The molecule has 0 aliphatic rings. The number of nitrogens with one attached hydrogen (secondary N) is 1. The zero-order chi connectivity index (χ0) is 11.4. The fourth-order valence-corrected chi connectivity index (χ4v) is 1.33. The third-order valence-electron chi connectivity index (χ3n) is 2.05. The van der Waals surface area contributed by atoms with Crippen LogP contribution in [0.3, 0.4) is 0 Å². The largest absolute Gasteiger partial charge is 0.378 e. The van der Waals surface area contributed by atoms with Crippen LogP contribution >= 0.6 is 11.6 Å². The van der Waals surface area contributed by atoms with Gasteiger partial charge in [-0.1, -0.05) is 26.2 Å². The summed E-state index contributed by atoms with van der Waals surface area (Å²) in [5.74, 6) is 0.630. The Labute approximate surface area is 97.5 Å². The summed E-state index contributed by atoms with van der Waals surface area (Å²) in [6.45, 7) is 3.85. The van der Waals surface area contributed by atoms with E-state index in [0.29, 0.717) is 32.1 Å². The molecule has 0 aliphatic heterocycles. The van der Waals surface area contributed by atoms with Gasteiger partial charge in [0.05, 0.1) is 13.2 Å². The van der Waals surface area contributed by atoms with Crippen molar-refractivity contribution in [3.05, 3.63) is 0 Å². The summed E-state index contributed by atoms with van der Waals surface area (Å²) in [5, 5.41) is 2.81. The Morgan fingerprint density at radius 3 is 2.73 bits per heavy atom. The van der Waals surface area contributed by atoms with E-state index in [1.165, 1.54) is 12.8 Å². The minimum absolute atomic E-state index is 0.126. The van der Waals surface area contributed by atoms with E-state index >= 15 is 0 Å². The monoisotopic (exact) mass is 235 g/mol. The van der Waals surface area contributed by atoms with Crippen LogP contribution in [0.1, 0.15) is 39.0 Å². The van der Waals surface area contributed by atoms with E-state index in [9.17, 15) is 4.79 Å². The van der Waals surface area contributed by atoms with Crippen LogP contribution in [0.2, 0.25) is 0 Å². The molecule has 0 radical (unpaired) electrons. The minimum atomic E-state index is 0.126. The molecule has 0 rings (SSSR count). The van der Waals surface area contributed by atoms with Crippen molar-refractivity contribution in [2.24, 2.45) is 0 Å². The molecule has 0 atom stereocenters. The lowest BCUT2D eigenvalue weighted by Crippen LogP contribution is -2.27. The van der Waals surface area contributed by atoms with Gasteiger partial charge in [0.2, 0.25) is 5.91 Å². The highest BCUT2D eigenvalue weighted by molar-refractivity contribution is 6.17. The number of halogens is 1. The first-order valence-corrected chi connectivity index (χ1v) is 6.25. The van der Waals surface area contributed by atoms with E-state index in [0.717, 1.165) is 12.8 Å². The second-order valence-corrected chi connectivity index (χ2v) is 3.84. The first-order valence-electron chi connectivity index (χ1n) is 5.71. The summed E-state index contributed by atoms with van der Waals surface area (Å²) in [7, 11) is 0. The van der Waals surface area contributed by atoms with Crippen molar-refractivity contribution in [1.82, 2.24) is 5.32 Å². The molecule has 0 spiro atoms. The highest BCUT2D eigenvalue weighted by atomic mass is 35.5. The zero-order valence-corrected chi connectivity index (χ0v) is 10.3. The number of amides is 1. The molecule has 1 N–H and O–H groups in total. The van der Waals surface area contributed by atoms with Gasteiger partial charge in [0, 0.05) is 18.8 Å². The van der Waals surface area contributed by atoms with Crippen LogP contribution in [-0.4, -0.2) is 31.5 Å². The van der Waals surface area contributed by atoms with Crippen molar-refractivity contribution in [2.75, 3.05) is 25.6 Å². The van der Waals surface area contributed by atoms with Crippen molar-refractivity contribution >= 4 is 17.5 Å². The van der Waals surface area contributed by atoms with Gasteiger partial charge < -0.3 is 10.1 Å². The van der Waals surface area contributed by atoms with Crippen LogP contribution < -0.4 is 5.32 Å². The van der Waals surface area contributed by atoms with Gasteiger partial charge in [-0.15, -0.1) is 11.6 Å². The lowest BCUT2D eigenvalue weighted by atomic mass is 10.1. The van der Waals surface area contributed by atoms with Crippen LogP contribution in [0.25, 0.3) is 0 Å². The fraction of sp³-hybridized carbons (Fsp3) is 0.909. The van der Waals surface area contributed by atoms with Gasteiger partial charge in [-0.05, 0) is 6.42 Å². The Morgan fingerprint density at radius 2 is 2.07 bits per heavy atom. The van der Waals surface area contributed by atoms with Crippen LogP contribution in [0.15, 0.2) is 0 Å². The second kappa shape index (κ2) is 11.8. The number of carbonyl (C=O) groups excluding carboxylic acids is 1. The zero-order valence-electron chi connectivity index (χ0n) is 9.56. The van der Waals surface area contributed by atoms with Crippen molar-refractivity contribution < 1.29 is 9.53 Å². The number of carbonyl (C=O) groups is 1. The Morgan fingerprint density at radius 1 is 1.27 bits per heavy atom. The van der Waals surface area contributed by atoms with Crippen LogP contribution in [0.4, 0.5) is 0 Å². The van der Waals surface area contributed by atoms with E-state index in [4.69, 9.17) is 16.3 Å². The van der Waals surface area contributed by atoms with Gasteiger partial charge in [-0.3, -0.25) is 4.79 Å². The van der Waals surface area contributed by atoms with E-state index in [1.54, 1.807) is 0 Å². The molecule has 0 heterocycles. The molecule has 0 aromatic heterocycles. The Balaban J connectivity index is 3.11.